The molecule has 0 aliphatic carbocycles. The van der Waals surface area contributed by atoms with Crippen molar-refractivity contribution in [1.29, 1.82) is 0 Å². The molecule has 0 atom stereocenters. The second-order valence-corrected chi connectivity index (χ2v) is 7.32. The van der Waals surface area contributed by atoms with Crippen LogP contribution in [0.1, 0.15) is 15.9 Å². The number of thioether (sulfide) groups is 1. The van der Waals surface area contributed by atoms with Crippen molar-refractivity contribution in [3.8, 4) is 18.1 Å². The van der Waals surface area contributed by atoms with E-state index < -0.39 is 5.97 Å². The van der Waals surface area contributed by atoms with Crippen molar-refractivity contribution in [1.82, 2.24) is 4.90 Å². The van der Waals surface area contributed by atoms with E-state index in [1.165, 1.54) is 28.8 Å². The molecule has 1 aliphatic rings. The van der Waals surface area contributed by atoms with Gasteiger partial charge in [0.1, 0.15) is 12.4 Å². The molecule has 1 aliphatic heterocycles. The van der Waals surface area contributed by atoms with Crippen LogP contribution in [0.3, 0.4) is 0 Å². The van der Waals surface area contributed by atoms with Gasteiger partial charge in [-0.1, -0.05) is 23.6 Å². The molecule has 0 spiro atoms. The summed E-state index contributed by atoms with van der Waals surface area (Å²) in [6, 6.07) is 11.3. The Morgan fingerprint density at radius 3 is 2.69 bits per heavy atom. The minimum Gasteiger partial charge on any atom is -0.479 e. The Morgan fingerprint density at radius 1 is 1.34 bits per heavy atom. The number of rotatable bonds is 5. The van der Waals surface area contributed by atoms with Crippen molar-refractivity contribution in [2.75, 3.05) is 13.7 Å². The molecule has 1 fully saturated rings. The van der Waals surface area contributed by atoms with Gasteiger partial charge in [0.25, 0.3) is 5.91 Å². The molecule has 0 aromatic heterocycles. The summed E-state index contributed by atoms with van der Waals surface area (Å²) in [7, 11) is 1.63. The molecule has 0 saturated carbocycles. The van der Waals surface area contributed by atoms with Gasteiger partial charge in [-0.2, -0.15) is 0 Å². The highest BCUT2D eigenvalue weighted by atomic mass is 35.5. The molecule has 2 aromatic rings. The summed E-state index contributed by atoms with van der Waals surface area (Å²) in [5.74, 6) is 1.64. The van der Waals surface area contributed by atoms with Crippen molar-refractivity contribution in [2.24, 2.45) is 4.99 Å². The number of halogens is 1. The lowest BCUT2D eigenvalue weighted by atomic mass is 10.2. The number of carbonyl (C=O) groups excluding carboxylic acids is 1. The van der Waals surface area contributed by atoms with E-state index in [0.29, 0.717) is 26.5 Å². The fourth-order valence-corrected chi connectivity index (χ4v) is 3.67. The van der Waals surface area contributed by atoms with Crippen LogP contribution in [0.4, 0.5) is 5.69 Å². The number of amidine groups is 1. The summed E-state index contributed by atoms with van der Waals surface area (Å²) in [4.78, 5) is 29.8. The molecule has 1 heterocycles. The molecule has 1 amide bonds. The summed E-state index contributed by atoms with van der Waals surface area (Å²) in [5, 5.41) is 9.85. The molecule has 146 valence electrons. The maximum atomic E-state index is 12.5. The van der Waals surface area contributed by atoms with E-state index in [9.17, 15) is 9.59 Å². The largest absolute Gasteiger partial charge is 0.479 e. The summed E-state index contributed by atoms with van der Waals surface area (Å²) in [6.07, 6.45) is 6.89. The van der Waals surface area contributed by atoms with Gasteiger partial charge < -0.3 is 9.84 Å². The molecule has 0 unspecified atom stereocenters. The smallest absolute Gasteiger partial charge is 0.335 e. The lowest BCUT2D eigenvalue weighted by molar-refractivity contribution is -0.121. The van der Waals surface area contributed by atoms with E-state index >= 15 is 0 Å². The first-order chi connectivity index (χ1) is 13.9. The van der Waals surface area contributed by atoms with E-state index in [1.54, 1.807) is 43.5 Å². The van der Waals surface area contributed by atoms with Gasteiger partial charge in [-0.05, 0) is 59.8 Å². The van der Waals surface area contributed by atoms with Crippen LogP contribution in [0, 0.1) is 12.3 Å². The Labute approximate surface area is 176 Å². The van der Waals surface area contributed by atoms with Crippen molar-refractivity contribution in [3.63, 3.8) is 0 Å². The third-order valence-electron chi connectivity index (χ3n) is 3.91. The highest BCUT2D eigenvalue weighted by Crippen LogP contribution is 2.34. The lowest BCUT2D eigenvalue weighted by Crippen LogP contribution is -2.23. The Bertz CT molecular complexity index is 1070. The quantitative estimate of drug-likeness (QED) is 0.570. The molecular formula is C21H15ClN2O4S. The number of hydrogen-bond donors (Lipinski definition) is 1. The van der Waals surface area contributed by atoms with Gasteiger partial charge in [-0.25, -0.2) is 9.79 Å². The summed E-state index contributed by atoms with van der Waals surface area (Å²) < 4.78 is 5.33. The summed E-state index contributed by atoms with van der Waals surface area (Å²) >= 11 is 7.42. The van der Waals surface area contributed by atoms with Crippen LogP contribution in [0.5, 0.6) is 5.75 Å². The Hall–Kier alpha value is -3.21. The lowest BCUT2D eigenvalue weighted by Gasteiger charge is -2.07. The van der Waals surface area contributed by atoms with E-state index in [4.69, 9.17) is 27.9 Å². The zero-order chi connectivity index (χ0) is 21.0. The monoisotopic (exact) mass is 426 g/mol. The predicted molar refractivity (Wildman–Crippen MR) is 115 cm³/mol. The molecule has 3 rings (SSSR count). The zero-order valence-electron chi connectivity index (χ0n) is 15.3. The molecule has 2 aromatic carbocycles. The maximum absolute atomic E-state index is 12.5. The first-order valence-electron chi connectivity index (χ1n) is 8.34. The van der Waals surface area contributed by atoms with Gasteiger partial charge in [0.2, 0.25) is 0 Å². The van der Waals surface area contributed by atoms with Crippen LogP contribution >= 0.6 is 23.4 Å². The SMILES string of the molecule is C#CCOc1ccc(/C=C2\SC(=Nc3ccc(C(=O)O)cc3)N(C)C2=O)cc1Cl. The van der Waals surface area contributed by atoms with Gasteiger partial charge in [-0.15, -0.1) is 6.42 Å². The number of carboxylic acids is 1. The zero-order valence-corrected chi connectivity index (χ0v) is 16.8. The topological polar surface area (TPSA) is 79.2 Å². The molecule has 1 N–H and O–H groups in total. The molecule has 1 saturated heterocycles. The van der Waals surface area contributed by atoms with Gasteiger partial charge >= 0.3 is 5.97 Å². The van der Waals surface area contributed by atoms with Gasteiger partial charge in [0.05, 0.1) is 21.2 Å². The number of aliphatic imine (C=N–C) groups is 1. The standard InChI is InChI=1S/C21H15ClN2O4S/c1-3-10-28-17-9-4-13(11-16(17)22)12-18-19(25)24(2)21(29-18)23-15-7-5-14(6-8-15)20(26)27/h1,4-9,11-12H,10H2,2H3,(H,26,27)/b18-12-,23-21?. The number of carbonyl (C=O) groups is 2. The van der Waals surface area contributed by atoms with Crippen molar-refractivity contribution in [2.45, 2.75) is 0 Å². The van der Waals surface area contributed by atoms with Crippen LogP contribution in [0.2, 0.25) is 5.02 Å². The molecule has 6 nitrogen and oxygen atoms in total. The first-order valence-corrected chi connectivity index (χ1v) is 9.54. The third-order valence-corrected chi connectivity index (χ3v) is 5.26. The van der Waals surface area contributed by atoms with Gasteiger partial charge in [0.15, 0.2) is 5.17 Å². The van der Waals surface area contributed by atoms with Crippen LogP contribution < -0.4 is 4.74 Å². The van der Waals surface area contributed by atoms with Gasteiger partial charge in [0, 0.05) is 7.05 Å². The van der Waals surface area contributed by atoms with Crippen molar-refractivity contribution >= 4 is 52.2 Å². The molecular weight excluding hydrogens is 412 g/mol. The highest BCUT2D eigenvalue weighted by Gasteiger charge is 2.30. The van der Waals surface area contributed by atoms with E-state index in [-0.39, 0.29) is 18.1 Å². The van der Waals surface area contributed by atoms with Crippen molar-refractivity contribution in [3.05, 3.63) is 63.5 Å². The number of terminal acetylenes is 1. The maximum Gasteiger partial charge on any atom is 0.335 e. The number of hydrogen-bond acceptors (Lipinski definition) is 5. The van der Waals surface area contributed by atoms with E-state index in [0.717, 1.165) is 5.56 Å². The summed E-state index contributed by atoms with van der Waals surface area (Å²) in [5.41, 5.74) is 1.46. The fourth-order valence-electron chi connectivity index (χ4n) is 2.44. The second kappa shape index (κ2) is 8.86. The molecule has 0 bridgehead atoms. The Kier molecular flexibility index (Phi) is 6.27. The van der Waals surface area contributed by atoms with Crippen LogP contribution in [-0.2, 0) is 4.79 Å². The molecule has 0 radical (unpaired) electrons. The van der Waals surface area contributed by atoms with Gasteiger partial charge in [-0.3, -0.25) is 9.69 Å². The Balaban J connectivity index is 1.82. The fraction of sp³-hybridized carbons (Fsp3) is 0.0952. The normalized spacial score (nSPS) is 16.3. The second-order valence-electron chi connectivity index (χ2n) is 5.90. The van der Waals surface area contributed by atoms with Crippen LogP contribution in [-0.4, -0.2) is 40.7 Å². The first kappa shape index (κ1) is 20.5. The third kappa shape index (κ3) is 4.80. The number of aromatic carboxylic acids is 1. The number of ether oxygens (including phenoxy) is 1. The number of benzene rings is 2. The average molecular weight is 427 g/mol. The van der Waals surface area contributed by atoms with E-state index in [1.807, 2.05) is 0 Å². The number of amides is 1. The minimum absolute atomic E-state index is 0.118. The van der Waals surface area contributed by atoms with E-state index in [2.05, 4.69) is 10.9 Å². The van der Waals surface area contributed by atoms with Crippen molar-refractivity contribution < 1.29 is 19.4 Å². The number of nitrogens with zero attached hydrogens (tertiary/aromatic N) is 2. The predicted octanol–water partition coefficient (Wildman–Crippen LogP) is 4.28. The highest BCUT2D eigenvalue weighted by molar-refractivity contribution is 8.18. The van der Waals surface area contributed by atoms with Crippen LogP contribution in [0.25, 0.3) is 6.08 Å². The molecule has 8 heteroatoms. The summed E-state index contributed by atoms with van der Waals surface area (Å²) in [6.45, 7) is 0.118. The molecule has 29 heavy (non-hydrogen) atoms. The van der Waals surface area contributed by atoms with Crippen LogP contribution in [0.15, 0.2) is 52.4 Å². The average Bonchev–Trinajstić information content (AvgIpc) is 2.95. The number of carboxylic acid groups (broad SMARTS) is 1. The Morgan fingerprint density at radius 2 is 2.07 bits per heavy atom. The number of likely N-dealkylation sites (N-methyl/N-ethyl adjacent to an activating group) is 1. The minimum atomic E-state index is -1.01.